The van der Waals surface area contributed by atoms with E-state index in [4.69, 9.17) is 0 Å². The lowest BCUT2D eigenvalue weighted by molar-refractivity contribution is 0.0930. The van der Waals surface area contributed by atoms with Crippen molar-refractivity contribution < 1.29 is 4.79 Å². The molecule has 0 aromatic heterocycles. The third-order valence-electron chi connectivity index (χ3n) is 2.56. The van der Waals surface area contributed by atoms with Crippen LogP contribution in [0.5, 0.6) is 0 Å². The molecule has 0 saturated carbocycles. The van der Waals surface area contributed by atoms with Crippen molar-refractivity contribution in [2.24, 2.45) is 5.92 Å². The van der Waals surface area contributed by atoms with Gasteiger partial charge in [-0.1, -0.05) is 28.1 Å². The van der Waals surface area contributed by atoms with Crippen LogP contribution in [0, 0.1) is 5.92 Å². The molecule has 2 nitrogen and oxygen atoms in total. The average Bonchev–Trinajstić information content (AvgIpc) is 2.71. The number of ketones is 1. The first kappa shape index (κ1) is 9.87. The fourth-order valence-electron chi connectivity index (χ4n) is 1.73. The summed E-state index contributed by atoms with van der Waals surface area (Å²) < 4.78 is 1.01. The summed E-state index contributed by atoms with van der Waals surface area (Å²) in [5.74, 6) is 0.443. The van der Waals surface area contributed by atoms with Crippen molar-refractivity contribution in [3.05, 3.63) is 34.3 Å². The van der Waals surface area contributed by atoms with Gasteiger partial charge in [-0.05, 0) is 25.1 Å². The number of nitrogens with one attached hydrogen (secondary N) is 1. The summed E-state index contributed by atoms with van der Waals surface area (Å²) in [5.41, 5.74) is 0.821. The number of hydrogen-bond acceptors (Lipinski definition) is 2. The number of hydrogen-bond donors (Lipinski definition) is 1. The van der Waals surface area contributed by atoms with Crippen LogP contribution in [-0.4, -0.2) is 18.9 Å². The third kappa shape index (κ3) is 2.04. The smallest absolute Gasteiger partial charge is 0.167 e. The Balaban J connectivity index is 2.14. The third-order valence-corrected chi connectivity index (χ3v) is 3.09. The largest absolute Gasteiger partial charge is 0.316 e. The van der Waals surface area contributed by atoms with Crippen molar-refractivity contribution in [2.45, 2.75) is 6.42 Å². The number of carbonyl (C=O) groups excluding carboxylic acids is 1. The zero-order valence-corrected chi connectivity index (χ0v) is 9.38. The molecule has 0 spiro atoms. The van der Waals surface area contributed by atoms with Crippen LogP contribution in [0.3, 0.4) is 0 Å². The fourth-order valence-corrected chi connectivity index (χ4v) is 1.99. The Kier molecular flexibility index (Phi) is 2.99. The minimum atomic E-state index is 0.177. The first-order valence-electron chi connectivity index (χ1n) is 4.78. The van der Waals surface area contributed by atoms with Crippen molar-refractivity contribution in [3.63, 3.8) is 0 Å². The summed E-state index contributed by atoms with van der Waals surface area (Å²) >= 11 is 3.35. The molecule has 1 fully saturated rings. The number of Topliss-reactive ketones (excluding diaryl/α,β-unsaturated/α-hetero) is 1. The summed E-state index contributed by atoms with van der Waals surface area (Å²) in [6, 6.07) is 7.58. The molecule has 1 aromatic carbocycles. The van der Waals surface area contributed by atoms with Crippen LogP contribution in [0.2, 0.25) is 0 Å². The summed E-state index contributed by atoms with van der Waals surface area (Å²) in [7, 11) is 0. The van der Waals surface area contributed by atoms with Crippen LogP contribution in [0.25, 0.3) is 0 Å². The summed E-state index contributed by atoms with van der Waals surface area (Å²) in [5, 5.41) is 3.20. The lowest BCUT2D eigenvalue weighted by Crippen LogP contribution is -2.17. The lowest BCUT2D eigenvalue weighted by atomic mass is 9.97. The van der Waals surface area contributed by atoms with E-state index in [0.29, 0.717) is 0 Å². The highest BCUT2D eigenvalue weighted by Gasteiger charge is 2.23. The van der Waals surface area contributed by atoms with Gasteiger partial charge in [0.15, 0.2) is 5.78 Å². The second-order valence-electron chi connectivity index (χ2n) is 3.56. The Morgan fingerprint density at radius 2 is 2.07 bits per heavy atom. The van der Waals surface area contributed by atoms with Crippen molar-refractivity contribution in [2.75, 3.05) is 13.1 Å². The maximum Gasteiger partial charge on any atom is 0.167 e. The molecule has 2 rings (SSSR count). The summed E-state index contributed by atoms with van der Waals surface area (Å²) in [4.78, 5) is 11.9. The minimum absolute atomic E-state index is 0.177. The second-order valence-corrected chi connectivity index (χ2v) is 4.48. The second kappa shape index (κ2) is 4.24. The number of rotatable bonds is 2. The molecule has 14 heavy (non-hydrogen) atoms. The zero-order chi connectivity index (χ0) is 9.97. The Morgan fingerprint density at radius 1 is 1.36 bits per heavy atom. The molecule has 1 N–H and O–H groups in total. The molecule has 1 atom stereocenters. The molecule has 1 heterocycles. The molecular formula is C11H12BrNO. The predicted octanol–water partition coefficient (Wildman–Crippen LogP) is 2.24. The first-order chi connectivity index (χ1) is 6.77. The van der Waals surface area contributed by atoms with Gasteiger partial charge >= 0.3 is 0 Å². The van der Waals surface area contributed by atoms with E-state index in [0.717, 1.165) is 29.5 Å². The molecule has 0 aliphatic carbocycles. The monoisotopic (exact) mass is 253 g/mol. The molecule has 74 valence electrons. The molecular weight excluding hydrogens is 242 g/mol. The first-order valence-corrected chi connectivity index (χ1v) is 5.57. The van der Waals surface area contributed by atoms with Gasteiger partial charge in [0.1, 0.15) is 0 Å². The molecule has 3 heteroatoms. The highest BCUT2D eigenvalue weighted by molar-refractivity contribution is 9.10. The Bertz CT molecular complexity index is 328. The molecule has 0 amide bonds. The van der Waals surface area contributed by atoms with Crippen molar-refractivity contribution in [1.29, 1.82) is 0 Å². The van der Waals surface area contributed by atoms with Crippen LogP contribution in [0.15, 0.2) is 28.7 Å². The number of benzene rings is 1. The lowest BCUT2D eigenvalue weighted by Gasteiger charge is -2.06. The van der Waals surface area contributed by atoms with Gasteiger partial charge < -0.3 is 5.32 Å². The Morgan fingerprint density at radius 3 is 2.64 bits per heavy atom. The molecule has 1 unspecified atom stereocenters. The maximum atomic E-state index is 11.9. The van der Waals surface area contributed by atoms with Gasteiger partial charge in [-0.2, -0.15) is 0 Å². The summed E-state index contributed by atoms with van der Waals surface area (Å²) in [6.07, 6.45) is 0.967. The van der Waals surface area contributed by atoms with Crippen LogP contribution in [0.1, 0.15) is 16.8 Å². The molecule has 0 radical (unpaired) electrons. The van der Waals surface area contributed by atoms with Crippen LogP contribution in [0.4, 0.5) is 0 Å². The minimum Gasteiger partial charge on any atom is -0.316 e. The van der Waals surface area contributed by atoms with Crippen molar-refractivity contribution in [3.8, 4) is 0 Å². The predicted molar refractivity (Wildman–Crippen MR) is 59.4 cm³/mol. The van der Waals surface area contributed by atoms with E-state index in [1.165, 1.54) is 0 Å². The van der Waals surface area contributed by atoms with Gasteiger partial charge in [-0.25, -0.2) is 0 Å². The normalized spacial score (nSPS) is 21.1. The van der Waals surface area contributed by atoms with Crippen molar-refractivity contribution >= 4 is 21.7 Å². The van der Waals surface area contributed by atoms with Crippen LogP contribution >= 0.6 is 15.9 Å². The quantitative estimate of drug-likeness (QED) is 0.820. The molecule has 1 aliphatic rings. The van der Waals surface area contributed by atoms with Gasteiger partial charge in [-0.15, -0.1) is 0 Å². The van der Waals surface area contributed by atoms with E-state index in [1.807, 2.05) is 24.3 Å². The highest BCUT2D eigenvalue weighted by Crippen LogP contribution is 2.17. The SMILES string of the molecule is O=C(c1ccc(Br)cc1)C1CCNC1. The van der Waals surface area contributed by atoms with Crippen LogP contribution < -0.4 is 5.32 Å². The molecule has 0 bridgehead atoms. The van der Waals surface area contributed by atoms with E-state index < -0.39 is 0 Å². The highest BCUT2D eigenvalue weighted by atomic mass is 79.9. The van der Waals surface area contributed by atoms with Gasteiger partial charge in [0.25, 0.3) is 0 Å². The molecule has 1 aromatic rings. The Labute approximate surface area is 91.8 Å². The molecule has 1 aliphatic heterocycles. The van der Waals surface area contributed by atoms with E-state index in [1.54, 1.807) is 0 Å². The van der Waals surface area contributed by atoms with E-state index >= 15 is 0 Å². The van der Waals surface area contributed by atoms with Gasteiger partial charge in [0.05, 0.1) is 0 Å². The zero-order valence-electron chi connectivity index (χ0n) is 7.79. The average molecular weight is 254 g/mol. The maximum absolute atomic E-state index is 11.9. The number of carbonyl (C=O) groups is 1. The van der Waals surface area contributed by atoms with E-state index in [9.17, 15) is 4.79 Å². The van der Waals surface area contributed by atoms with E-state index in [2.05, 4.69) is 21.2 Å². The number of halogens is 1. The standard InChI is InChI=1S/C11H12BrNO/c12-10-3-1-8(2-4-10)11(14)9-5-6-13-7-9/h1-4,9,13H,5-7H2. The topological polar surface area (TPSA) is 29.1 Å². The summed E-state index contributed by atoms with van der Waals surface area (Å²) in [6.45, 7) is 1.79. The van der Waals surface area contributed by atoms with Crippen molar-refractivity contribution in [1.82, 2.24) is 5.32 Å². The van der Waals surface area contributed by atoms with Gasteiger partial charge in [0.2, 0.25) is 0 Å². The van der Waals surface area contributed by atoms with Crippen LogP contribution in [-0.2, 0) is 0 Å². The van der Waals surface area contributed by atoms with E-state index in [-0.39, 0.29) is 11.7 Å². The Hall–Kier alpha value is -0.670. The molecule has 1 saturated heterocycles. The van der Waals surface area contributed by atoms with Gasteiger partial charge in [0, 0.05) is 22.5 Å². The fraction of sp³-hybridized carbons (Fsp3) is 0.364. The van der Waals surface area contributed by atoms with Gasteiger partial charge in [-0.3, -0.25) is 4.79 Å².